The molecule has 0 amide bonds. The highest BCUT2D eigenvalue weighted by Crippen LogP contribution is 2.48. The first-order valence-electron chi connectivity index (χ1n) is 5.02. The average molecular weight is 215 g/mol. The quantitative estimate of drug-likeness (QED) is 0.711. The molecule has 1 unspecified atom stereocenters. The third-order valence-corrected chi connectivity index (χ3v) is 3.38. The lowest BCUT2D eigenvalue weighted by molar-refractivity contribution is 0.282. The third kappa shape index (κ3) is 1.65. The molecule has 1 aliphatic rings. The Hall–Kier alpha value is -0.570. The molecule has 4 heteroatoms. The van der Waals surface area contributed by atoms with Crippen LogP contribution in [0.3, 0.4) is 0 Å². The molecule has 14 heavy (non-hydrogen) atoms. The summed E-state index contributed by atoms with van der Waals surface area (Å²) in [6, 6.07) is 0. The molecule has 1 aromatic rings. The Kier molecular flexibility index (Phi) is 2.52. The van der Waals surface area contributed by atoms with E-state index in [1.165, 1.54) is 12.8 Å². The van der Waals surface area contributed by atoms with Crippen molar-refractivity contribution < 1.29 is 4.42 Å². The molecule has 1 aromatic heterocycles. The van der Waals surface area contributed by atoms with Crippen LogP contribution >= 0.6 is 11.6 Å². The first-order chi connectivity index (χ1) is 6.63. The van der Waals surface area contributed by atoms with Crippen LogP contribution in [0, 0.1) is 5.41 Å². The molecule has 1 aliphatic carbocycles. The summed E-state index contributed by atoms with van der Waals surface area (Å²) in [5.74, 6) is 2.01. The topological polar surface area (TPSA) is 38.9 Å². The zero-order chi connectivity index (χ0) is 10.2. The molecule has 0 N–H and O–H groups in total. The van der Waals surface area contributed by atoms with Gasteiger partial charge in [0, 0.05) is 5.92 Å². The van der Waals surface area contributed by atoms with Gasteiger partial charge in [0.2, 0.25) is 11.8 Å². The maximum atomic E-state index is 5.62. The van der Waals surface area contributed by atoms with E-state index in [1.807, 2.05) is 0 Å². The van der Waals surface area contributed by atoms with Crippen LogP contribution in [0.5, 0.6) is 0 Å². The van der Waals surface area contributed by atoms with Crippen molar-refractivity contribution >= 4 is 11.6 Å². The van der Waals surface area contributed by atoms with Crippen molar-refractivity contribution in [1.29, 1.82) is 0 Å². The van der Waals surface area contributed by atoms with E-state index < -0.39 is 0 Å². The number of hydrogen-bond acceptors (Lipinski definition) is 3. The predicted octanol–water partition coefficient (Wildman–Crippen LogP) is 3.10. The Labute approximate surface area is 88.9 Å². The number of aromatic nitrogens is 2. The van der Waals surface area contributed by atoms with Crippen LogP contribution in [0.25, 0.3) is 0 Å². The highest BCUT2D eigenvalue weighted by molar-refractivity contribution is 6.16. The van der Waals surface area contributed by atoms with Gasteiger partial charge >= 0.3 is 0 Å². The van der Waals surface area contributed by atoms with Gasteiger partial charge in [-0.25, -0.2) is 0 Å². The van der Waals surface area contributed by atoms with E-state index in [-0.39, 0.29) is 5.41 Å². The lowest BCUT2D eigenvalue weighted by Crippen LogP contribution is -2.15. The van der Waals surface area contributed by atoms with Crippen molar-refractivity contribution in [3.8, 4) is 0 Å². The summed E-state index contributed by atoms with van der Waals surface area (Å²) in [5.41, 5.74) is 0.288. The van der Waals surface area contributed by atoms with Crippen LogP contribution in [-0.4, -0.2) is 10.2 Å². The molecule has 3 nitrogen and oxygen atoms in total. The van der Waals surface area contributed by atoms with E-state index in [0.717, 1.165) is 12.3 Å². The van der Waals surface area contributed by atoms with Crippen LogP contribution in [0.15, 0.2) is 4.42 Å². The number of alkyl halides is 1. The normalized spacial score (nSPS) is 25.5. The first kappa shape index (κ1) is 9.97. The van der Waals surface area contributed by atoms with Crippen molar-refractivity contribution in [3.63, 3.8) is 0 Å². The highest BCUT2D eigenvalue weighted by Gasteiger charge is 2.38. The van der Waals surface area contributed by atoms with Gasteiger partial charge in [0.25, 0.3) is 0 Å². The summed E-state index contributed by atoms with van der Waals surface area (Å²) in [7, 11) is 0. The molecule has 0 spiro atoms. The largest absolute Gasteiger partial charge is 0.424 e. The third-order valence-electron chi connectivity index (χ3n) is 3.15. The van der Waals surface area contributed by atoms with Crippen molar-refractivity contribution in [1.82, 2.24) is 10.2 Å². The smallest absolute Gasteiger partial charge is 0.231 e. The number of hydrogen-bond donors (Lipinski definition) is 0. The molecule has 2 rings (SSSR count). The fraction of sp³-hybridized carbons (Fsp3) is 0.800. The standard InChI is InChI=1S/C10H15ClN2O/c1-10(2)5-3-4-7(10)9-13-12-8(6-11)14-9/h7H,3-6H2,1-2H3. The fourth-order valence-corrected chi connectivity index (χ4v) is 2.35. The second-order valence-electron chi connectivity index (χ2n) is 4.60. The predicted molar refractivity (Wildman–Crippen MR) is 54.2 cm³/mol. The summed E-state index contributed by atoms with van der Waals surface area (Å²) in [6.45, 7) is 4.52. The summed E-state index contributed by atoms with van der Waals surface area (Å²) >= 11 is 5.62. The molecule has 0 saturated heterocycles. The van der Waals surface area contributed by atoms with E-state index >= 15 is 0 Å². The number of halogens is 1. The first-order valence-corrected chi connectivity index (χ1v) is 5.55. The zero-order valence-electron chi connectivity index (χ0n) is 8.59. The lowest BCUT2D eigenvalue weighted by Gasteiger charge is -2.23. The maximum Gasteiger partial charge on any atom is 0.231 e. The zero-order valence-corrected chi connectivity index (χ0v) is 9.34. The van der Waals surface area contributed by atoms with Crippen LogP contribution in [0.2, 0.25) is 0 Å². The van der Waals surface area contributed by atoms with E-state index in [4.69, 9.17) is 16.0 Å². The molecule has 0 aromatic carbocycles. The minimum atomic E-state index is 0.288. The summed E-state index contributed by atoms with van der Waals surface area (Å²) in [5, 5.41) is 7.96. The second kappa shape index (κ2) is 3.54. The summed E-state index contributed by atoms with van der Waals surface area (Å²) < 4.78 is 5.50. The van der Waals surface area contributed by atoms with Gasteiger partial charge in [0.15, 0.2) is 0 Å². The van der Waals surface area contributed by atoms with E-state index in [0.29, 0.717) is 17.7 Å². The van der Waals surface area contributed by atoms with Gasteiger partial charge < -0.3 is 4.42 Å². The Morgan fingerprint density at radius 2 is 2.29 bits per heavy atom. The minimum absolute atomic E-state index is 0.288. The molecular weight excluding hydrogens is 200 g/mol. The number of nitrogens with zero attached hydrogens (tertiary/aromatic N) is 2. The van der Waals surface area contributed by atoms with Crippen molar-refractivity contribution in [3.05, 3.63) is 11.8 Å². The maximum absolute atomic E-state index is 5.62. The molecule has 0 aliphatic heterocycles. The van der Waals surface area contributed by atoms with Crippen LogP contribution < -0.4 is 0 Å². The average Bonchev–Trinajstić information content (AvgIpc) is 2.70. The van der Waals surface area contributed by atoms with Gasteiger partial charge in [-0.2, -0.15) is 0 Å². The molecule has 1 atom stereocenters. The van der Waals surface area contributed by atoms with Crippen LogP contribution in [-0.2, 0) is 5.88 Å². The summed E-state index contributed by atoms with van der Waals surface area (Å²) in [4.78, 5) is 0. The highest BCUT2D eigenvalue weighted by atomic mass is 35.5. The van der Waals surface area contributed by atoms with E-state index in [9.17, 15) is 0 Å². The van der Waals surface area contributed by atoms with Gasteiger partial charge in [0.05, 0.1) is 0 Å². The van der Waals surface area contributed by atoms with E-state index in [1.54, 1.807) is 0 Å². The number of rotatable bonds is 2. The molecule has 0 radical (unpaired) electrons. The van der Waals surface area contributed by atoms with Crippen molar-refractivity contribution in [2.24, 2.45) is 5.41 Å². The molecular formula is C10H15ClN2O. The molecule has 1 heterocycles. The fourth-order valence-electron chi connectivity index (χ4n) is 2.25. The summed E-state index contributed by atoms with van der Waals surface area (Å²) in [6.07, 6.45) is 3.63. The van der Waals surface area contributed by atoms with Crippen molar-refractivity contribution in [2.45, 2.75) is 44.9 Å². The molecule has 1 fully saturated rings. The Bertz CT molecular complexity index is 322. The van der Waals surface area contributed by atoms with Crippen LogP contribution in [0.4, 0.5) is 0 Å². The SMILES string of the molecule is CC1(C)CCCC1c1nnc(CCl)o1. The van der Waals surface area contributed by atoms with Crippen molar-refractivity contribution in [2.75, 3.05) is 0 Å². The second-order valence-corrected chi connectivity index (χ2v) is 4.87. The minimum Gasteiger partial charge on any atom is -0.424 e. The lowest BCUT2D eigenvalue weighted by atomic mass is 9.82. The molecule has 78 valence electrons. The van der Waals surface area contributed by atoms with Gasteiger partial charge in [-0.1, -0.05) is 20.3 Å². The van der Waals surface area contributed by atoms with Gasteiger partial charge in [-0.3, -0.25) is 0 Å². The Morgan fingerprint density at radius 1 is 1.50 bits per heavy atom. The molecule has 0 bridgehead atoms. The van der Waals surface area contributed by atoms with Crippen LogP contribution in [0.1, 0.15) is 50.8 Å². The van der Waals surface area contributed by atoms with E-state index in [2.05, 4.69) is 24.0 Å². The van der Waals surface area contributed by atoms with Gasteiger partial charge in [0.1, 0.15) is 5.88 Å². The monoisotopic (exact) mass is 214 g/mol. The molecule has 1 saturated carbocycles. The van der Waals surface area contributed by atoms with Gasteiger partial charge in [-0.15, -0.1) is 21.8 Å². The Morgan fingerprint density at radius 3 is 2.79 bits per heavy atom. The van der Waals surface area contributed by atoms with Gasteiger partial charge in [-0.05, 0) is 18.3 Å². The Balaban J connectivity index is 2.22.